The van der Waals surface area contributed by atoms with Crippen molar-refractivity contribution < 1.29 is 9.59 Å². The molecule has 3 amide bonds. The maximum Gasteiger partial charge on any atom is 0.319 e. The van der Waals surface area contributed by atoms with Crippen molar-refractivity contribution in [3.8, 4) is 11.8 Å². The monoisotopic (exact) mass is 386 g/mol. The van der Waals surface area contributed by atoms with Crippen LogP contribution in [0.3, 0.4) is 0 Å². The molecule has 2 aromatic heterocycles. The molecule has 1 atom stereocenters. The molecule has 8 nitrogen and oxygen atoms in total. The molecular weight excluding hydrogens is 364 g/mol. The molecule has 3 heterocycles. The maximum atomic E-state index is 12.2. The summed E-state index contributed by atoms with van der Waals surface area (Å²) in [5.74, 6) is 5.41. The molecule has 9 heteroatoms. The van der Waals surface area contributed by atoms with Crippen LogP contribution in [0.2, 0.25) is 0 Å². The summed E-state index contributed by atoms with van der Waals surface area (Å²) in [6, 6.07) is 0.983. The summed E-state index contributed by atoms with van der Waals surface area (Å²) >= 11 is 1.16. The van der Waals surface area contributed by atoms with Crippen molar-refractivity contribution in [3.63, 3.8) is 0 Å². The van der Waals surface area contributed by atoms with Crippen molar-refractivity contribution in [1.29, 1.82) is 0 Å². The van der Waals surface area contributed by atoms with E-state index in [2.05, 4.69) is 22.3 Å². The van der Waals surface area contributed by atoms with Gasteiger partial charge in [-0.15, -0.1) is 11.3 Å². The molecule has 1 fully saturated rings. The van der Waals surface area contributed by atoms with E-state index in [-0.39, 0.29) is 10.9 Å². The van der Waals surface area contributed by atoms with E-state index in [1.165, 1.54) is 4.90 Å². The normalized spacial score (nSPS) is 16.9. The van der Waals surface area contributed by atoms with Crippen molar-refractivity contribution in [3.05, 3.63) is 33.8 Å². The Balaban J connectivity index is 1.96. The van der Waals surface area contributed by atoms with Gasteiger partial charge in [-0.3, -0.25) is 14.4 Å². The predicted octanol–water partition coefficient (Wildman–Crippen LogP) is 1.01. The van der Waals surface area contributed by atoms with E-state index in [9.17, 15) is 9.59 Å². The Bertz CT molecular complexity index is 899. The minimum Gasteiger partial charge on any atom is -0.365 e. The average Bonchev–Trinajstić information content (AvgIpc) is 3.12. The molecule has 142 valence electrons. The summed E-state index contributed by atoms with van der Waals surface area (Å²) < 4.78 is 1.66. The van der Waals surface area contributed by atoms with Crippen molar-refractivity contribution in [2.24, 2.45) is 18.5 Å². The van der Waals surface area contributed by atoms with E-state index in [1.54, 1.807) is 23.1 Å². The number of nitrogens with zero attached hydrogens (tertiary/aromatic N) is 3. The van der Waals surface area contributed by atoms with Crippen molar-refractivity contribution in [2.75, 3.05) is 18.0 Å². The van der Waals surface area contributed by atoms with Crippen LogP contribution in [-0.4, -0.2) is 40.9 Å². The first-order valence-electron chi connectivity index (χ1n) is 8.69. The summed E-state index contributed by atoms with van der Waals surface area (Å²) in [4.78, 5) is 26.6. The molecule has 0 unspecified atom stereocenters. The molecule has 1 saturated heterocycles. The Morgan fingerprint density at radius 2 is 2.19 bits per heavy atom. The summed E-state index contributed by atoms with van der Waals surface area (Å²) in [6.07, 6.45) is 6.27. The van der Waals surface area contributed by atoms with Gasteiger partial charge >= 0.3 is 6.03 Å². The number of aromatic nitrogens is 2. The summed E-state index contributed by atoms with van der Waals surface area (Å²) in [6.45, 7) is 1.52. The fraction of sp³-hybridized carbons (Fsp3) is 0.389. The molecule has 0 aromatic carbocycles. The van der Waals surface area contributed by atoms with Gasteiger partial charge in [0.25, 0.3) is 5.91 Å². The van der Waals surface area contributed by atoms with Crippen LogP contribution in [0, 0.1) is 11.8 Å². The lowest BCUT2D eigenvalue weighted by Crippen LogP contribution is -2.48. The fourth-order valence-electron chi connectivity index (χ4n) is 3.13. The Kier molecular flexibility index (Phi) is 5.78. The van der Waals surface area contributed by atoms with Gasteiger partial charge in [0.05, 0.1) is 28.4 Å². The van der Waals surface area contributed by atoms with Gasteiger partial charge in [0.1, 0.15) is 4.88 Å². The molecule has 0 aliphatic carbocycles. The van der Waals surface area contributed by atoms with Crippen molar-refractivity contribution in [1.82, 2.24) is 15.1 Å². The number of anilines is 1. The Hall–Kier alpha value is -2.83. The second kappa shape index (κ2) is 8.24. The lowest BCUT2D eigenvalue weighted by molar-refractivity contribution is 0.100. The van der Waals surface area contributed by atoms with Gasteiger partial charge in [0.2, 0.25) is 0 Å². The smallest absolute Gasteiger partial charge is 0.319 e. The Morgan fingerprint density at radius 1 is 1.37 bits per heavy atom. The Labute approximate surface area is 161 Å². The molecule has 0 spiro atoms. The number of thiophene rings is 1. The molecular formula is C18H22N6O2S. The predicted molar refractivity (Wildman–Crippen MR) is 105 cm³/mol. The molecule has 0 bridgehead atoms. The van der Waals surface area contributed by atoms with E-state index in [4.69, 9.17) is 11.5 Å². The number of nitrogens with two attached hydrogens (primary N) is 2. The number of nitrogens with one attached hydrogen (secondary N) is 1. The van der Waals surface area contributed by atoms with E-state index >= 15 is 0 Å². The van der Waals surface area contributed by atoms with E-state index in [0.29, 0.717) is 17.1 Å². The maximum absolute atomic E-state index is 12.2. The minimum atomic E-state index is -0.601. The molecule has 2 aromatic rings. The number of carbonyl (C=O) groups is 2. The molecule has 3 rings (SSSR count). The lowest BCUT2D eigenvalue weighted by Gasteiger charge is -2.29. The second-order valence-electron chi connectivity index (χ2n) is 6.40. The third-order valence-electron chi connectivity index (χ3n) is 4.35. The zero-order chi connectivity index (χ0) is 19.4. The summed E-state index contributed by atoms with van der Waals surface area (Å²) in [7, 11) is 1.81. The molecule has 0 radical (unpaired) electrons. The van der Waals surface area contributed by atoms with Crippen LogP contribution in [0.5, 0.6) is 0 Å². The zero-order valence-electron chi connectivity index (χ0n) is 15.1. The standard InChI is InChI=1S/C18H22N6O2S/c1-23-11-12(9-22-23)5-6-14-8-15(16(27-14)17(19)25)24(18(20)26)13-4-2-3-7-21-10-13/h8-9,11,13,21H,2-4,7,10H2,1H3,(H2,19,25)(H2,20,26)/t13-/m0/s1. The Morgan fingerprint density at radius 3 is 2.85 bits per heavy atom. The average molecular weight is 386 g/mol. The van der Waals surface area contributed by atoms with Crippen LogP contribution in [0.4, 0.5) is 10.5 Å². The van der Waals surface area contributed by atoms with E-state index in [0.717, 1.165) is 42.7 Å². The topological polar surface area (TPSA) is 119 Å². The number of urea groups is 1. The number of aryl methyl sites for hydroxylation is 1. The number of rotatable bonds is 3. The van der Waals surface area contributed by atoms with Gasteiger partial charge in [0.15, 0.2) is 0 Å². The highest BCUT2D eigenvalue weighted by Crippen LogP contribution is 2.32. The first kappa shape index (κ1) is 18.9. The minimum absolute atomic E-state index is 0.128. The molecule has 1 aliphatic rings. The van der Waals surface area contributed by atoms with Crippen LogP contribution in [0.25, 0.3) is 0 Å². The van der Waals surface area contributed by atoms with Gasteiger partial charge in [-0.2, -0.15) is 5.10 Å². The molecule has 0 saturated carbocycles. The van der Waals surface area contributed by atoms with Crippen LogP contribution in [0.1, 0.15) is 39.4 Å². The quantitative estimate of drug-likeness (QED) is 0.682. The third kappa shape index (κ3) is 4.48. The molecule has 1 aliphatic heterocycles. The van der Waals surface area contributed by atoms with Gasteiger partial charge < -0.3 is 16.8 Å². The summed E-state index contributed by atoms with van der Waals surface area (Å²) in [5, 5.41) is 7.38. The highest BCUT2D eigenvalue weighted by Gasteiger charge is 2.29. The SMILES string of the molecule is Cn1cc(C#Cc2cc(N(C(N)=O)[C@H]3CCCCNC3)c(C(N)=O)s2)cn1. The second-order valence-corrected chi connectivity index (χ2v) is 7.46. The third-order valence-corrected chi connectivity index (χ3v) is 5.41. The first-order chi connectivity index (χ1) is 13.0. The van der Waals surface area contributed by atoms with Crippen molar-refractivity contribution in [2.45, 2.75) is 25.3 Å². The van der Waals surface area contributed by atoms with Crippen LogP contribution in [0.15, 0.2) is 18.5 Å². The van der Waals surface area contributed by atoms with Gasteiger partial charge in [-0.1, -0.05) is 18.3 Å². The van der Waals surface area contributed by atoms with Gasteiger partial charge in [0, 0.05) is 19.8 Å². The van der Waals surface area contributed by atoms with E-state index < -0.39 is 11.9 Å². The first-order valence-corrected chi connectivity index (χ1v) is 9.51. The number of carbonyl (C=O) groups excluding carboxylic acids is 2. The van der Waals surface area contributed by atoms with Crippen LogP contribution in [-0.2, 0) is 7.05 Å². The largest absolute Gasteiger partial charge is 0.365 e. The molecule has 27 heavy (non-hydrogen) atoms. The van der Waals surface area contributed by atoms with Gasteiger partial charge in [-0.25, -0.2) is 4.79 Å². The fourth-order valence-corrected chi connectivity index (χ4v) is 3.99. The number of amides is 3. The van der Waals surface area contributed by atoms with Crippen molar-refractivity contribution >= 4 is 29.0 Å². The van der Waals surface area contributed by atoms with Crippen LogP contribution >= 0.6 is 11.3 Å². The van der Waals surface area contributed by atoms with Gasteiger partial charge in [-0.05, 0) is 25.5 Å². The number of hydrogen-bond acceptors (Lipinski definition) is 5. The highest BCUT2D eigenvalue weighted by atomic mass is 32.1. The van der Waals surface area contributed by atoms with Crippen LogP contribution < -0.4 is 21.7 Å². The number of primary amides is 2. The van der Waals surface area contributed by atoms with E-state index in [1.807, 2.05) is 7.05 Å². The highest BCUT2D eigenvalue weighted by molar-refractivity contribution is 7.15. The number of hydrogen-bond donors (Lipinski definition) is 3. The zero-order valence-corrected chi connectivity index (χ0v) is 15.9. The lowest BCUT2D eigenvalue weighted by atomic mass is 10.1. The molecule has 5 N–H and O–H groups in total. The summed E-state index contributed by atoms with van der Waals surface area (Å²) in [5.41, 5.74) is 12.4.